The van der Waals surface area contributed by atoms with Crippen molar-refractivity contribution in [3.05, 3.63) is 0 Å². The molecule has 0 radical (unpaired) electrons. The molecular weight excluding hydrogens is 222 g/mol. The Morgan fingerprint density at radius 2 is 1.56 bits per heavy atom. The molecule has 0 atom stereocenters. The summed E-state index contributed by atoms with van der Waals surface area (Å²) in [5.41, 5.74) is 0.112. The average Bonchev–Trinajstić information content (AvgIpc) is 2.45. The fourth-order valence-electron chi connectivity index (χ4n) is 3.16. The van der Waals surface area contributed by atoms with Gasteiger partial charge in [-0.1, -0.05) is 40.0 Å². The third-order valence-electron chi connectivity index (χ3n) is 5.31. The van der Waals surface area contributed by atoms with Gasteiger partial charge in [0.05, 0.1) is 0 Å². The van der Waals surface area contributed by atoms with Crippen molar-refractivity contribution in [3.63, 3.8) is 0 Å². The van der Waals surface area contributed by atoms with Gasteiger partial charge in [-0.3, -0.25) is 0 Å². The number of rotatable bonds is 8. The Hall–Kier alpha value is -0.0800. The Bertz CT molecular complexity index is 197. The molecule has 0 spiro atoms. The fraction of sp³-hybridized carbons (Fsp3) is 1.00. The molecule has 1 aliphatic rings. The van der Waals surface area contributed by atoms with Crippen LogP contribution < -0.4 is 5.32 Å². The zero-order chi connectivity index (χ0) is 13.4. The quantitative estimate of drug-likeness (QED) is 0.694. The van der Waals surface area contributed by atoms with Crippen molar-refractivity contribution in [2.24, 2.45) is 17.3 Å². The topological polar surface area (TPSA) is 32.3 Å². The first-order valence-electron chi connectivity index (χ1n) is 8.01. The van der Waals surface area contributed by atoms with Gasteiger partial charge < -0.3 is 10.4 Å². The van der Waals surface area contributed by atoms with Crippen molar-refractivity contribution in [2.75, 3.05) is 19.7 Å². The maximum absolute atomic E-state index is 9.54. The minimum absolute atomic E-state index is 0.112. The maximum atomic E-state index is 9.54. The molecule has 1 fully saturated rings. The summed E-state index contributed by atoms with van der Waals surface area (Å²) in [5.74, 6) is 1.86. The molecule has 0 aromatic carbocycles. The molecule has 1 rings (SSSR count). The third kappa shape index (κ3) is 4.55. The van der Waals surface area contributed by atoms with Crippen LogP contribution in [0.15, 0.2) is 0 Å². The van der Waals surface area contributed by atoms with Gasteiger partial charge in [0.2, 0.25) is 0 Å². The molecule has 2 N–H and O–H groups in total. The van der Waals surface area contributed by atoms with Gasteiger partial charge >= 0.3 is 0 Å². The second-order valence-electron chi connectivity index (χ2n) is 6.29. The lowest BCUT2D eigenvalue weighted by atomic mass is 9.80. The zero-order valence-corrected chi connectivity index (χ0v) is 12.7. The summed E-state index contributed by atoms with van der Waals surface area (Å²) < 4.78 is 0. The number of nitrogens with one attached hydrogen (secondary N) is 1. The highest BCUT2D eigenvalue weighted by Gasteiger charge is 2.25. The SMILES string of the molecule is CCC1CCC(CNCC(CC)(CC)CO)CC1. The number of aliphatic hydroxyl groups is 1. The molecule has 108 valence electrons. The normalized spacial score (nSPS) is 25.3. The number of hydrogen-bond donors (Lipinski definition) is 2. The van der Waals surface area contributed by atoms with Crippen LogP contribution in [0.3, 0.4) is 0 Å². The van der Waals surface area contributed by atoms with Gasteiger partial charge in [0.15, 0.2) is 0 Å². The van der Waals surface area contributed by atoms with Crippen molar-refractivity contribution in [2.45, 2.75) is 65.7 Å². The Balaban J connectivity index is 2.21. The van der Waals surface area contributed by atoms with Gasteiger partial charge in [0.1, 0.15) is 0 Å². The van der Waals surface area contributed by atoms with Crippen LogP contribution in [-0.2, 0) is 0 Å². The van der Waals surface area contributed by atoms with Gasteiger partial charge in [0.25, 0.3) is 0 Å². The van der Waals surface area contributed by atoms with Crippen LogP contribution in [0.1, 0.15) is 65.7 Å². The molecule has 0 bridgehead atoms. The minimum Gasteiger partial charge on any atom is -0.396 e. The maximum Gasteiger partial charge on any atom is 0.0499 e. The standard InChI is InChI=1S/C16H33NO/c1-4-14-7-9-15(10-8-14)11-17-12-16(5-2,6-3)13-18/h14-15,17-18H,4-13H2,1-3H3. The fourth-order valence-corrected chi connectivity index (χ4v) is 3.16. The first kappa shape index (κ1) is 16.0. The summed E-state index contributed by atoms with van der Waals surface area (Å²) >= 11 is 0. The van der Waals surface area contributed by atoms with E-state index in [9.17, 15) is 5.11 Å². The van der Waals surface area contributed by atoms with Crippen molar-refractivity contribution in [1.82, 2.24) is 5.32 Å². The van der Waals surface area contributed by atoms with Gasteiger partial charge in [-0.2, -0.15) is 0 Å². The van der Waals surface area contributed by atoms with Crippen LogP contribution in [0, 0.1) is 17.3 Å². The largest absolute Gasteiger partial charge is 0.396 e. The van der Waals surface area contributed by atoms with E-state index in [2.05, 4.69) is 26.1 Å². The van der Waals surface area contributed by atoms with Crippen LogP contribution >= 0.6 is 0 Å². The van der Waals surface area contributed by atoms with E-state index < -0.39 is 0 Å². The first-order chi connectivity index (χ1) is 8.69. The van der Waals surface area contributed by atoms with E-state index in [1.54, 1.807) is 0 Å². The van der Waals surface area contributed by atoms with Gasteiger partial charge in [-0.25, -0.2) is 0 Å². The third-order valence-corrected chi connectivity index (χ3v) is 5.31. The molecule has 0 heterocycles. The number of hydrogen-bond acceptors (Lipinski definition) is 2. The smallest absolute Gasteiger partial charge is 0.0499 e. The molecule has 0 saturated heterocycles. The Morgan fingerprint density at radius 1 is 1.00 bits per heavy atom. The summed E-state index contributed by atoms with van der Waals surface area (Å²) in [6.45, 7) is 9.14. The zero-order valence-electron chi connectivity index (χ0n) is 12.7. The van der Waals surface area contributed by atoms with Gasteiger partial charge in [0, 0.05) is 18.6 Å². The van der Waals surface area contributed by atoms with Crippen LogP contribution in [0.5, 0.6) is 0 Å². The average molecular weight is 255 g/mol. The number of aliphatic hydroxyl groups excluding tert-OH is 1. The highest BCUT2D eigenvalue weighted by atomic mass is 16.3. The molecular formula is C16H33NO. The van der Waals surface area contributed by atoms with Crippen LogP contribution in [0.25, 0.3) is 0 Å². The Labute approximate surface area is 114 Å². The molecule has 18 heavy (non-hydrogen) atoms. The first-order valence-corrected chi connectivity index (χ1v) is 8.01. The molecule has 0 amide bonds. The highest BCUT2D eigenvalue weighted by Crippen LogP contribution is 2.30. The van der Waals surface area contributed by atoms with Crippen LogP contribution in [0.2, 0.25) is 0 Å². The lowest BCUT2D eigenvalue weighted by molar-refractivity contribution is 0.110. The van der Waals surface area contributed by atoms with E-state index in [4.69, 9.17) is 0 Å². The molecule has 0 aromatic heterocycles. The predicted octanol–water partition coefficient (Wildman–Crippen LogP) is 3.59. The molecule has 1 aliphatic carbocycles. The van der Waals surface area contributed by atoms with Crippen molar-refractivity contribution >= 4 is 0 Å². The molecule has 0 aromatic rings. The van der Waals surface area contributed by atoms with Crippen LogP contribution in [-0.4, -0.2) is 24.8 Å². The van der Waals surface area contributed by atoms with E-state index in [1.165, 1.54) is 32.1 Å². The molecule has 0 aliphatic heterocycles. The molecule has 0 unspecified atom stereocenters. The van der Waals surface area contributed by atoms with E-state index in [0.29, 0.717) is 6.61 Å². The summed E-state index contributed by atoms with van der Waals surface area (Å²) in [4.78, 5) is 0. The molecule has 2 nitrogen and oxygen atoms in total. The van der Waals surface area contributed by atoms with Gasteiger partial charge in [-0.05, 0) is 44.1 Å². The highest BCUT2D eigenvalue weighted by molar-refractivity contribution is 4.80. The second-order valence-corrected chi connectivity index (χ2v) is 6.29. The van der Waals surface area contributed by atoms with E-state index in [-0.39, 0.29) is 5.41 Å². The molecule has 2 heteroatoms. The van der Waals surface area contributed by atoms with Crippen molar-refractivity contribution in [3.8, 4) is 0 Å². The minimum atomic E-state index is 0.112. The van der Waals surface area contributed by atoms with E-state index in [1.807, 2.05) is 0 Å². The van der Waals surface area contributed by atoms with E-state index >= 15 is 0 Å². The van der Waals surface area contributed by atoms with Crippen molar-refractivity contribution < 1.29 is 5.11 Å². The van der Waals surface area contributed by atoms with Gasteiger partial charge in [-0.15, -0.1) is 0 Å². The Morgan fingerprint density at radius 3 is 2.00 bits per heavy atom. The van der Waals surface area contributed by atoms with Crippen LogP contribution in [0.4, 0.5) is 0 Å². The monoisotopic (exact) mass is 255 g/mol. The summed E-state index contributed by atoms with van der Waals surface area (Å²) in [5, 5.41) is 13.2. The lowest BCUT2D eigenvalue weighted by Crippen LogP contribution is -2.39. The summed E-state index contributed by atoms with van der Waals surface area (Å²) in [6, 6.07) is 0. The summed E-state index contributed by atoms with van der Waals surface area (Å²) in [6.07, 6.45) is 9.14. The van der Waals surface area contributed by atoms with E-state index in [0.717, 1.165) is 37.8 Å². The second kappa shape index (κ2) is 8.16. The van der Waals surface area contributed by atoms with Crippen molar-refractivity contribution in [1.29, 1.82) is 0 Å². The summed E-state index contributed by atoms with van der Waals surface area (Å²) in [7, 11) is 0. The molecule has 1 saturated carbocycles. The predicted molar refractivity (Wildman–Crippen MR) is 78.7 cm³/mol. The Kier molecular flexibility index (Phi) is 7.25. The lowest BCUT2D eigenvalue weighted by Gasteiger charge is -2.32.